The van der Waals surface area contributed by atoms with E-state index in [1.165, 1.54) is 36.5 Å². The molecule has 0 fully saturated rings. The first-order valence-corrected chi connectivity index (χ1v) is 5.77. The molecule has 1 aromatic heterocycles. The average molecular weight is 333 g/mol. The largest absolute Gasteiger partial charge is 0.455 e. The van der Waals surface area contributed by atoms with Crippen molar-refractivity contribution in [2.24, 2.45) is 10.8 Å². The minimum Gasteiger partial charge on any atom is -0.455 e. The molecule has 118 valence electrons. The first-order valence-electron chi connectivity index (χ1n) is 5.77. The number of halogens is 4. The molecule has 22 heavy (non-hydrogen) atoms. The molecule has 0 bridgehead atoms. The summed E-state index contributed by atoms with van der Waals surface area (Å²) in [6, 6.07) is 8.01. The van der Waals surface area contributed by atoms with Gasteiger partial charge in [0.2, 0.25) is 5.96 Å². The summed E-state index contributed by atoms with van der Waals surface area (Å²) in [5, 5.41) is 10.5. The number of rotatable bonds is 3. The minimum absolute atomic E-state index is 0. The molecule has 0 aliphatic heterocycles. The Bertz CT molecular complexity index is 682. The van der Waals surface area contributed by atoms with Crippen molar-refractivity contribution in [2.45, 2.75) is 6.18 Å². The third-order valence-corrected chi connectivity index (χ3v) is 2.50. The number of hydrogen-bond donors (Lipinski definition) is 3. The van der Waals surface area contributed by atoms with E-state index in [9.17, 15) is 13.2 Å². The smallest absolute Gasteiger partial charge is 0.417 e. The molecule has 0 saturated carbocycles. The van der Waals surface area contributed by atoms with E-state index in [1.54, 1.807) is 0 Å². The lowest BCUT2D eigenvalue weighted by molar-refractivity contribution is -0.137. The van der Waals surface area contributed by atoms with Crippen molar-refractivity contribution in [1.29, 1.82) is 5.41 Å². The van der Waals surface area contributed by atoms with Gasteiger partial charge < -0.3 is 10.2 Å². The Labute approximate surface area is 129 Å². The topological polar surface area (TPSA) is 87.4 Å². The van der Waals surface area contributed by atoms with Gasteiger partial charge in [-0.05, 0) is 18.2 Å². The van der Waals surface area contributed by atoms with Gasteiger partial charge in [-0.3, -0.25) is 5.41 Å². The number of guanidine groups is 1. The summed E-state index contributed by atoms with van der Waals surface area (Å²) in [4.78, 5) is 0. The molecule has 2 aromatic rings. The van der Waals surface area contributed by atoms with Crippen LogP contribution in [0.5, 0.6) is 0 Å². The highest BCUT2D eigenvalue weighted by Crippen LogP contribution is 2.37. The van der Waals surface area contributed by atoms with Crippen LogP contribution in [0.2, 0.25) is 0 Å². The summed E-state index contributed by atoms with van der Waals surface area (Å²) in [6.45, 7) is 0. The Morgan fingerprint density at radius 2 is 1.91 bits per heavy atom. The lowest BCUT2D eigenvalue weighted by atomic mass is 10.1. The summed E-state index contributed by atoms with van der Waals surface area (Å²) in [7, 11) is 0. The highest BCUT2D eigenvalue weighted by Gasteiger charge is 2.33. The lowest BCUT2D eigenvalue weighted by Gasteiger charge is -2.10. The van der Waals surface area contributed by atoms with Crippen molar-refractivity contribution in [1.82, 2.24) is 5.43 Å². The van der Waals surface area contributed by atoms with Gasteiger partial charge in [-0.15, -0.1) is 12.4 Å². The van der Waals surface area contributed by atoms with Crippen LogP contribution in [0.3, 0.4) is 0 Å². The molecule has 9 heteroatoms. The van der Waals surface area contributed by atoms with E-state index >= 15 is 0 Å². The number of furan rings is 1. The van der Waals surface area contributed by atoms with Gasteiger partial charge in [-0.2, -0.15) is 18.3 Å². The van der Waals surface area contributed by atoms with Crippen molar-refractivity contribution < 1.29 is 17.6 Å². The van der Waals surface area contributed by atoms with Gasteiger partial charge in [0.25, 0.3) is 0 Å². The van der Waals surface area contributed by atoms with Gasteiger partial charge in [-0.25, -0.2) is 5.43 Å². The van der Waals surface area contributed by atoms with E-state index in [4.69, 9.17) is 15.6 Å². The van der Waals surface area contributed by atoms with Gasteiger partial charge in [0, 0.05) is 5.56 Å². The minimum atomic E-state index is -4.46. The first kappa shape index (κ1) is 17.6. The fraction of sp³-hybridized carbons (Fsp3) is 0.0769. The van der Waals surface area contributed by atoms with Gasteiger partial charge in [-0.1, -0.05) is 18.2 Å². The molecule has 0 unspecified atom stereocenters. The zero-order chi connectivity index (χ0) is 15.5. The van der Waals surface area contributed by atoms with Crippen LogP contribution >= 0.6 is 12.4 Å². The van der Waals surface area contributed by atoms with E-state index in [0.29, 0.717) is 0 Å². The zero-order valence-electron chi connectivity index (χ0n) is 11.0. The van der Waals surface area contributed by atoms with Crippen molar-refractivity contribution in [3.8, 4) is 11.3 Å². The summed E-state index contributed by atoms with van der Waals surface area (Å²) in [6.07, 6.45) is -3.26. The summed E-state index contributed by atoms with van der Waals surface area (Å²) in [5.41, 5.74) is 6.37. The zero-order valence-corrected chi connectivity index (χ0v) is 11.8. The number of nitrogens with two attached hydrogens (primary N) is 1. The third-order valence-electron chi connectivity index (χ3n) is 2.50. The Balaban J connectivity index is 0.00000242. The van der Waals surface area contributed by atoms with Crippen LogP contribution in [-0.2, 0) is 6.18 Å². The van der Waals surface area contributed by atoms with Gasteiger partial charge in [0.1, 0.15) is 11.5 Å². The van der Waals surface area contributed by atoms with Crippen molar-refractivity contribution in [3.63, 3.8) is 0 Å². The summed E-state index contributed by atoms with van der Waals surface area (Å²) < 4.78 is 44.0. The molecule has 0 saturated heterocycles. The lowest BCUT2D eigenvalue weighted by Crippen LogP contribution is -2.25. The number of hydrogen-bond acceptors (Lipinski definition) is 3. The van der Waals surface area contributed by atoms with Crippen LogP contribution < -0.4 is 11.2 Å². The highest BCUT2D eigenvalue weighted by atomic mass is 35.5. The predicted octanol–water partition coefficient (Wildman–Crippen LogP) is 3.20. The second-order valence-corrected chi connectivity index (χ2v) is 4.03. The maximum absolute atomic E-state index is 12.9. The van der Waals surface area contributed by atoms with Crippen LogP contribution in [0.1, 0.15) is 11.3 Å². The fourth-order valence-electron chi connectivity index (χ4n) is 1.68. The van der Waals surface area contributed by atoms with Gasteiger partial charge in [0.15, 0.2) is 0 Å². The van der Waals surface area contributed by atoms with E-state index in [0.717, 1.165) is 6.07 Å². The molecule has 0 aliphatic rings. The number of nitrogens with one attached hydrogen (secondary N) is 2. The Morgan fingerprint density at radius 1 is 1.23 bits per heavy atom. The van der Waals surface area contributed by atoms with Gasteiger partial charge >= 0.3 is 6.18 Å². The number of benzene rings is 1. The molecule has 2 rings (SSSR count). The molecular formula is C13H12ClF3N4O. The summed E-state index contributed by atoms with van der Waals surface area (Å²) >= 11 is 0. The van der Waals surface area contributed by atoms with Crippen molar-refractivity contribution >= 4 is 24.6 Å². The third kappa shape index (κ3) is 4.26. The standard InChI is InChI=1S/C13H11F3N4O.ClH/c14-13(15,16)10-4-2-1-3-9(10)11-6-5-8(21-11)7-19-20-12(17)18;/h1-7H,(H4,17,18,20);1H. The maximum atomic E-state index is 12.9. The Kier molecular flexibility index (Phi) is 5.58. The molecule has 4 N–H and O–H groups in total. The predicted molar refractivity (Wildman–Crippen MR) is 79.0 cm³/mol. The Hall–Kier alpha value is -2.48. The maximum Gasteiger partial charge on any atom is 0.417 e. The van der Waals surface area contributed by atoms with E-state index in [1.807, 2.05) is 0 Å². The highest BCUT2D eigenvalue weighted by molar-refractivity contribution is 5.85. The van der Waals surface area contributed by atoms with Crippen LogP contribution in [0.15, 0.2) is 45.9 Å². The molecule has 0 spiro atoms. The molecule has 1 aromatic carbocycles. The number of hydrazone groups is 1. The molecule has 0 amide bonds. The molecule has 0 atom stereocenters. The van der Waals surface area contributed by atoms with Crippen LogP contribution in [0.25, 0.3) is 11.3 Å². The van der Waals surface area contributed by atoms with Crippen LogP contribution in [0.4, 0.5) is 13.2 Å². The molecule has 5 nitrogen and oxygen atoms in total. The molecule has 0 aliphatic carbocycles. The van der Waals surface area contributed by atoms with E-state index in [2.05, 4.69) is 10.5 Å². The van der Waals surface area contributed by atoms with Crippen molar-refractivity contribution in [2.75, 3.05) is 0 Å². The van der Waals surface area contributed by atoms with Crippen LogP contribution in [-0.4, -0.2) is 12.2 Å². The van der Waals surface area contributed by atoms with E-state index in [-0.39, 0.29) is 35.5 Å². The quantitative estimate of drug-likeness (QED) is 0.458. The fourth-order valence-corrected chi connectivity index (χ4v) is 1.68. The average Bonchev–Trinajstić information content (AvgIpc) is 2.86. The van der Waals surface area contributed by atoms with Crippen molar-refractivity contribution in [3.05, 3.63) is 47.7 Å². The molecular weight excluding hydrogens is 321 g/mol. The second kappa shape index (κ2) is 6.99. The normalized spacial score (nSPS) is 11.2. The first-order chi connectivity index (χ1) is 9.88. The van der Waals surface area contributed by atoms with Crippen LogP contribution in [0, 0.1) is 5.41 Å². The molecule has 1 heterocycles. The number of alkyl halides is 3. The Morgan fingerprint density at radius 3 is 2.55 bits per heavy atom. The number of nitrogens with zero attached hydrogens (tertiary/aromatic N) is 1. The second-order valence-electron chi connectivity index (χ2n) is 4.03. The van der Waals surface area contributed by atoms with Gasteiger partial charge in [0.05, 0.1) is 11.8 Å². The molecule has 0 radical (unpaired) electrons. The summed E-state index contributed by atoms with van der Waals surface area (Å²) in [5.74, 6) is -0.0524. The monoisotopic (exact) mass is 332 g/mol. The SMILES string of the molecule is Cl.N=C(N)NN=Cc1ccc(-c2ccccc2C(F)(F)F)o1. The van der Waals surface area contributed by atoms with E-state index < -0.39 is 11.7 Å².